The van der Waals surface area contributed by atoms with Gasteiger partial charge in [-0.2, -0.15) is 0 Å². The minimum absolute atomic E-state index is 0.668. The molecule has 0 bridgehead atoms. The second-order valence-corrected chi connectivity index (χ2v) is 12.6. The summed E-state index contributed by atoms with van der Waals surface area (Å²) in [5.41, 5.74) is 11.2. The van der Waals surface area contributed by atoms with Crippen LogP contribution in [0.25, 0.3) is 99.1 Å². The van der Waals surface area contributed by atoms with E-state index in [9.17, 15) is 0 Å². The van der Waals surface area contributed by atoms with Gasteiger partial charge in [0.25, 0.3) is 0 Å². The zero-order valence-electron chi connectivity index (χ0n) is 25.8. The lowest BCUT2D eigenvalue weighted by atomic mass is 9.98. The zero-order chi connectivity index (χ0) is 31.3. The molecule has 0 spiro atoms. The molecule has 0 atom stereocenters. The minimum atomic E-state index is 0.668. The molecule has 0 fully saturated rings. The fourth-order valence-electron chi connectivity index (χ4n) is 7.96. The summed E-state index contributed by atoms with van der Waals surface area (Å²) in [7, 11) is 0. The van der Waals surface area contributed by atoms with Crippen LogP contribution in [0.1, 0.15) is 0 Å². The first-order chi connectivity index (χ1) is 23.8. The number of aromatic nitrogens is 4. The summed E-state index contributed by atoms with van der Waals surface area (Å²) in [4.78, 5) is 10.5. The van der Waals surface area contributed by atoms with Gasteiger partial charge in [0.1, 0.15) is 0 Å². The van der Waals surface area contributed by atoms with E-state index >= 15 is 0 Å². The van der Waals surface area contributed by atoms with E-state index in [4.69, 9.17) is 9.97 Å². The number of hydrogen-bond acceptors (Lipinski definition) is 2. The highest BCUT2D eigenvalue weighted by Gasteiger charge is 2.21. The van der Waals surface area contributed by atoms with Crippen LogP contribution < -0.4 is 0 Å². The molecule has 0 aliphatic heterocycles. The van der Waals surface area contributed by atoms with Crippen molar-refractivity contribution in [1.82, 2.24) is 18.9 Å². The molecule has 0 aliphatic rings. The Balaban J connectivity index is 1.22. The fourth-order valence-corrected chi connectivity index (χ4v) is 7.96. The maximum absolute atomic E-state index is 5.29. The first-order valence-corrected chi connectivity index (χ1v) is 16.3. The van der Waals surface area contributed by atoms with Gasteiger partial charge in [-0.05, 0) is 53.6 Å². The molecule has 4 aromatic heterocycles. The monoisotopic (exact) mass is 610 g/mol. The Morgan fingerprint density at radius 3 is 1.62 bits per heavy atom. The summed E-state index contributed by atoms with van der Waals surface area (Å²) in [5.74, 6) is 0.668. The molecule has 4 nitrogen and oxygen atoms in total. The van der Waals surface area contributed by atoms with Crippen molar-refractivity contribution >= 4 is 70.8 Å². The predicted octanol–water partition coefficient (Wildman–Crippen LogP) is 11.2. The van der Waals surface area contributed by atoms with Crippen LogP contribution in [0.5, 0.6) is 0 Å². The molecule has 48 heavy (non-hydrogen) atoms. The van der Waals surface area contributed by atoms with Crippen LogP contribution in [0.15, 0.2) is 158 Å². The fraction of sp³-hybridized carbons (Fsp3) is 0. The van der Waals surface area contributed by atoms with Crippen molar-refractivity contribution < 1.29 is 0 Å². The normalized spacial score (nSPS) is 12.2. The van der Waals surface area contributed by atoms with Gasteiger partial charge >= 0.3 is 0 Å². The second-order valence-electron chi connectivity index (χ2n) is 12.6. The van der Waals surface area contributed by atoms with Crippen LogP contribution in [0, 0.1) is 0 Å². The number of fused-ring (bicyclic) bond motifs is 10. The van der Waals surface area contributed by atoms with Crippen LogP contribution in [-0.4, -0.2) is 18.9 Å². The van der Waals surface area contributed by atoms with Gasteiger partial charge in [0.05, 0.1) is 38.8 Å². The Morgan fingerprint density at radius 1 is 0.354 bits per heavy atom. The Morgan fingerprint density at radius 2 is 0.917 bits per heavy atom. The van der Waals surface area contributed by atoms with Crippen molar-refractivity contribution in [3.8, 4) is 28.3 Å². The second kappa shape index (κ2) is 9.50. The number of para-hydroxylation sites is 4. The molecular weight excluding hydrogens is 585 g/mol. The maximum Gasteiger partial charge on any atom is 0.235 e. The average molecular weight is 611 g/mol. The molecule has 4 heteroatoms. The average Bonchev–Trinajstić information content (AvgIpc) is 3.79. The zero-order valence-corrected chi connectivity index (χ0v) is 25.8. The Hall–Kier alpha value is -6.52. The maximum atomic E-state index is 5.29. The first-order valence-electron chi connectivity index (χ1n) is 16.3. The van der Waals surface area contributed by atoms with Gasteiger partial charge in [0.15, 0.2) is 0 Å². The van der Waals surface area contributed by atoms with Gasteiger partial charge in [-0.3, -0.25) is 4.57 Å². The highest BCUT2D eigenvalue weighted by Crippen LogP contribution is 2.42. The Bertz CT molecular complexity index is 2970. The molecule has 0 aliphatic carbocycles. The molecule has 11 rings (SSSR count). The summed E-state index contributed by atoms with van der Waals surface area (Å²) in [5, 5.41) is 8.51. The third-order valence-corrected chi connectivity index (χ3v) is 10.0. The SMILES string of the molecule is c1ccc(-c2nc(-n3c4ccccc4c4ccc(-c5cc6c7ccccc7n7c8ccccc8c(c5)c67)cc43)nc3ccccc23)cc1. The van der Waals surface area contributed by atoms with E-state index in [0.29, 0.717) is 5.95 Å². The van der Waals surface area contributed by atoms with Crippen molar-refractivity contribution in [3.05, 3.63) is 158 Å². The van der Waals surface area contributed by atoms with Gasteiger partial charge in [0.2, 0.25) is 5.95 Å². The molecule has 0 saturated carbocycles. The largest absolute Gasteiger partial charge is 0.308 e. The van der Waals surface area contributed by atoms with E-state index in [1.807, 2.05) is 12.1 Å². The summed E-state index contributed by atoms with van der Waals surface area (Å²) < 4.78 is 4.67. The summed E-state index contributed by atoms with van der Waals surface area (Å²) in [6.45, 7) is 0. The van der Waals surface area contributed by atoms with E-state index in [1.165, 1.54) is 54.4 Å². The van der Waals surface area contributed by atoms with Gasteiger partial charge in [-0.25, -0.2) is 9.97 Å². The number of rotatable bonds is 3. The van der Waals surface area contributed by atoms with E-state index in [1.54, 1.807) is 0 Å². The van der Waals surface area contributed by atoms with E-state index < -0.39 is 0 Å². The quantitative estimate of drug-likeness (QED) is 0.199. The van der Waals surface area contributed by atoms with Crippen molar-refractivity contribution in [2.75, 3.05) is 0 Å². The summed E-state index contributed by atoms with van der Waals surface area (Å²) in [6, 6.07) is 56.4. The van der Waals surface area contributed by atoms with Gasteiger partial charge in [-0.1, -0.05) is 115 Å². The molecule has 4 heterocycles. The van der Waals surface area contributed by atoms with E-state index in [-0.39, 0.29) is 0 Å². The molecule has 0 N–H and O–H groups in total. The number of hydrogen-bond donors (Lipinski definition) is 0. The van der Waals surface area contributed by atoms with Crippen LogP contribution in [-0.2, 0) is 0 Å². The standard InChI is InChI=1S/C44H26N4/c1-2-12-27(13-3-1)42-34-17-4-8-18-37(34)45-44(46-42)48-40-21-11-5-14-30(40)33-23-22-28(26-41(33)48)29-24-35-31-15-6-9-19-38(31)47-39-20-10-7-16-32(39)36(25-29)43(35)47/h1-26H. The Kier molecular flexibility index (Phi) is 5.08. The molecule has 0 amide bonds. The van der Waals surface area contributed by atoms with Gasteiger partial charge in [0, 0.05) is 43.3 Å². The molecule has 11 aromatic rings. The van der Waals surface area contributed by atoms with E-state index in [0.717, 1.165) is 38.8 Å². The van der Waals surface area contributed by atoms with E-state index in [2.05, 4.69) is 155 Å². The van der Waals surface area contributed by atoms with Crippen LogP contribution in [0.3, 0.4) is 0 Å². The van der Waals surface area contributed by atoms with Crippen LogP contribution in [0.4, 0.5) is 0 Å². The summed E-state index contributed by atoms with van der Waals surface area (Å²) >= 11 is 0. The van der Waals surface area contributed by atoms with Gasteiger partial charge in [-0.15, -0.1) is 0 Å². The van der Waals surface area contributed by atoms with Crippen molar-refractivity contribution in [2.24, 2.45) is 0 Å². The molecule has 7 aromatic carbocycles. The summed E-state index contributed by atoms with van der Waals surface area (Å²) in [6.07, 6.45) is 0. The third kappa shape index (κ3) is 3.43. The lowest BCUT2D eigenvalue weighted by Crippen LogP contribution is -2.03. The van der Waals surface area contributed by atoms with Crippen LogP contribution >= 0.6 is 0 Å². The predicted molar refractivity (Wildman–Crippen MR) is 199 cm³/mol. The molecular formula is C44H26N4. The highest BCUT2D eigenvalue weighted by atomic mass is 15.2. The molecule has 0 saturated heterocycles. The first kappa shape index (κ1) is 25.6. The number of benzene rings is 7. The van der Waals surface area contributed by atoms with Gasteiger partial charge < -0.3 is 4.40 Å². The van der Waals surface area contributed by atoms with Crippen molar-refractivity contribution in [3.63, 3.8) is 0 Å². The van der Waals surface area contributed by atoms with Crippen molar-refractivity contribution in [2.45, 2.75) is 0 Å². The smallest absolute Gasteiger partial charge is 0.235 e. The number of nitrogens with zero attached hydrogens (tertiary/aromatic N) is 4. The molecule has 0 unspecified atom stereocenters. The lowest BCUT2D eigenvalue weighted by molar-refractivity contribution is 1.01. The Labute approximate surface area is 275 Å². The minimum Gasteiger partial charge on any atom is -0.308 e. The third-order valence-electron chi connectivity index (χ3n) is 10.0. The van der Waals surface area contributed by atoms with Crippen molar-refractivity contribution in [1.29, 1.82) is 0 Å². The topological polar surface area (TPSA) is 35.1 Å². The lowest BCUT2D eigenvalue weighted by Gasteiger charge is -2.12. The highest BCUT2D eigenvalue weighted by molar-refractivity contribution is 6.24. The van der Waals surface area contributed by atoms with Crippen LogP contribution in [0.2, 0.25) is 0 Å². The molecule has 0 radical (unpaired) electrons. The molecule has 222 valence electrons.